The molecule has 84 valence electrons. The van der Waals surface area contributed by atoms with E-state index in [1.165, 1.54) is 0 Å². The fourth-order valence-corrected chi connectivity index (χ4v) is 1.46. The summed E-state index contributed by atoms with van der Waals surface area (Å²) in [6.45, 7) is 2.70. The summed E-state index contributed by atoms with van der Waals surface area (Å²) in [5.74, 6) is 0.120. The van der Waals surface area contributed by atoms with E-state index in [2.05, 4.69) is 11.0 Å². The van der Waals surface area contributed by atoms with Crippen LogP contribution < -0.4 is 0 Å². The smallest absolute Gasteiger partial charge is 0.223 e. The molecular weight excluding hydrogens is 194 g/mol. The molecule has 0 aromatic heterocycles. The number of amides is 1. The quantitative estimate of drug-likeness (QED) is 0.642. The molecule has 1 rings (SSSR count). The molecule has 1 saturated heterocycles. The van der Waals surface area contributed by atoms with Crippen LogP contribution in [0, 0.1) is 11.3 Å². The van der Waals surface area contributed by atoms with Crippen LogP contribution in [-0.2, 0) is 9.53 Å². The van der Waals surface area contributed by atoms with Gasteiger partial charge >= 0.3 is 0 Å². The molecule has 1 unspecified atom stereocenters. The Morgan fingerprint density at radius 3 is 3.00 bits per heavy atom. The second-order valence-electron chi connectivity index (χ2n) is 3.83. The van der Waals surface area contributed by atoms with Crippen LogP contribution in [0.5, 0.6) is 0 Å². The summed E-state index contributed by atoms with van der Waals surface area (Å²) in [7, 11) is 3.50. The van der Waals surface area contributed by atoms with Crippen LogP contribution >= 0.6 is 0 Å². The minimum absolute atomic E-state index is 0.120. The third-order valence-electron chi connectivity index (χ3n) is 2.44. The summed E-state index contributed by atoms with van der Waals surface area (Å²) in [6.07, 6.45) is 0.165. The van der Waals surface area contributed by atoms with Gasteiger partial charge in [-0.2, -0.15) is 5.26 Å². The first-order valence-electron chi connectivity index (χ1n) is 5.07. The molecule has 0 spiro atoms. The van der Waals surface area contributed by atoms with Gasteiger partial charge in [0.2, 0.25) is 5.91 Å². The van der Waals surface area contributed by atoms with Crippen LogP contribution in [0.1, 0.15) is 6.42 Å². The van der Waals surface area contributed by atoms with E-state index in [4.69, 9.17) is 10.00 Å². The van der Waals surface area contributed by atoms with E-state index in [0.29, 0.717) is 26.1 Å². The monoisotopic (exact) mass is 211 g/mol. The van der Waals surface area contributed by atoms with E-state index in [1.807, 2.05) is 0 Å². The van der Waals surface area contributed by atoms with Crippen LogP contribution in [0.15, 0.2) is 0 Å². The van der Waals surface area contributed by atoms with Crippen molar-refractivity contribution in [2.24, 2.45) is 0 Å². The highest BCUT2D eigenvalue weighted by atomic mass is 16.5. The van der Waals surface area contributed by atoms with Gasteiger partial charge in [-0.3, -0.25) is 9.69 Å². The molecule has 15 heavy (non-hydrogen) atoms. The Bertz CT molecular complexity index is 260. The summed E-state index contributed by atoms with van der Waals surface area (Å²) >= 11 is 0. The average molecular weight is 211 g/mol. The summed E-state index contributed by atoms with van der Waals surface area (Å²) in [4.78, 5) is 15.0. The van der Waals surface area contributed by atoms with Crippen molar-refractivity contribution in [2.75, 3.05) is 40.3 Å². The van der Waals surface area contributed by atoms with Gasteiger partial charge < -0.3 is 9.64 Å². The van der Waals surface area contributed by atoms with Gasteiger partial charge in [-0.15, -0.1) is 0 Å². The van der Waals surface area contributed by atoms with Crippen molar-refractivity contribution in [1.29, 1.82) is 5.26 Å². The van der Waals surface area contributed by atoms with Gasteiger partial charge in [0.25, 0.3) is 0 Å². The van der Waals surface area contributed by atoms with Gasteiger partial charge in [-0.25, -0.2) is 0 Å². The van der Waals surface area contributed by atoms with Crippen LogP contribution in [0.4, 0.5) is 0 Å². The van der Waals surface area contributed by atoms with Gasteiger partial charge in [-0.05, 0) is 0 Å². The molecule has 5 nitrogen and oxygen atoms in total. The third kappa shape index (κ3) is 3.86. The lowest BCUT2D eigenvalue weighted by molar-refractivity contribution is -0.129. The molecular formula is C10H17N3O2. The second-order valence-corrected chi connectivity index (χ2v) is 3.83. The van der Waals surface area contributed by atoms with Crippen LogP contribution in [0.3, 0.4) is 0 Å². The van der Waals surface area contributed by atoms with Crippen molar-refractivity contribution in [3.63, 3.8) is 0 Å². The van der Waals surface area contributed by atoms with E-state index < -0.39 is 0 Å². The second kappa shape index (κ2) is 5.69. The number of carbonyl (C=O) groups is 1. The lowest BCUT2D eigenvalue weighted by Gasteiger charge is -2.29. The average Bonchev–Trinajstić information content (AvgIpc) is 2.26. The maximum Gasteiger partial charge on any atom is 0.223 e. The van der Waals surface area contributed by atoms with Crippen molar-refractivity contribution in [3.05, 3.63) is 0 Å². The normalized spacial score (nSPS) is 22.1. The Kier molecular flexibility index (Phi) is 4.53. The fourth-order valence-electron chi connectivity index (χ4n) is 1.46. The van der Waals surface area contributed by atoms with Crippen molar-refractivity contribution in [1.82, 2.24) is 9.80 Å². The van der Waals surface area contributed by atoms with E-state index in [9.17, 15) is 4.79 Å². The van der Waals surface area contributed by atoms with E-state index >= 15 is 0 Å². The summed E-state index contributed by atoms with van der Waals surface area (Å²) in [5, 5.41) is 8.70. The fraction of sp³-hybridized carbons (Fsp3) is 0.800. The third-order valence-corrected chi connectivity index (χ3v) is 2.44. The highest BCUT2D eigenvalue weighted by Gasteiger charge is 2.20. The number of nitrogens with zero attached hydrogens (tertiary/aromatic N) is 3. The number of hydrogen-bond acceptors (Lipinski definition) is 4. The highest BCUT2D eigenvalue weighted by molar-refractivity contribution is 5.75. The first-order chi connectivity index (χ1) is 7.13. The molecule has 5 heteroatoms. The van der Waals surface area contributed by atoms with Gasteiger partial charge in [0.15, 0.2) is 6.10 Å². The lowest BCUT2D eigenvalue weighted by Crippen LogP contribution is -2.43. The maximum absolute atomic E-state index is 11.3. The van der Waals surface area contributed by atoms with Crippen molar-refractivity contribution in [2.45, 2.75) is 12.5 Å². The molecule has 0 radical (unpaired) electrons. The summed E-state index contributed by atoms with van der Waals surface area (Å²) in [6, 6.07) is 2.09. The number of ether oxygens (including phenoxy) is 1. The van der Waals surface area contributed by atoms with Gasteiger partial charge in [-0.1, -0.05) is 0 Å². The van der Waals surface area contributed by atoms with Gasteiger partial charge in [0, 0.05) is 40.2 Å². The van der Waals surface area contributed by atoms with Crippen molar-refractivity contribution < 1.29 is 9.53 Å². The summed E-state index contributed by atoms with van der Waals surface area (Å²) < 4.78 is 5.21. The highest BCUT2D eigenvalue weighted by Crippen LogP contribution is 2.05. The minimum Gasteiger partial charge on any atom is -0.361 e. The van der Waals surface area contributed by atoms with Crippen molar-refractivity contribution >= 4 is 5.91 Å². The molecule has 1 fully saturated rings. The van der Waals surface area contributed by atoms with Crippen LogP contribution in [0.25, 0.3) is 0 Å². The molecule has 0 aromatic carbocycles. The molecule has 1 heterocycles. The molecule has 0 saturated carbocycles. The SMILES string of the molecule is CN(C)C(=O)CCN1CCOC(C#N)C1. The number of hydrogen-bond donors (Lipinski definition) is 0. The first-order valence-corrected chi connectivity index (χ1v) is 5.07. The Labute approximate surface area is 90.2 Å². The van der Waals surface area contributed by atoms with Crippen LogP contribution in [-0.4, -0.2) is 62.1 Å². The van der Waals surface area contributed by atoms with Crippen LogP contribution in [0.2, 0.25) is 0 Å². The zero-order valence-electron chi connectivity index (χ0n) is 9.27. The standard InChI is InChI=1S/C10H17N3O2/c1-12(2)10(14)3-4-13-5-6-15-9(7-11)8-13/h9H,3-6,8H2,1-2H3. The molecule has 1 atom stereocenters. The molecule has 0 bridgehead atoms. The van der Waals surface area contributed by atoms with E-state index in [0.717, 1.165) is 6.54 Å². The molecule has 0 aromatic rings. The zero-order chi connectivity index (χ0) is 11.3. The number of carbonyl (C=O) groups excluding carboxylic acids is 1. The maximum atomic E-state index is 11.3. The zero-order valence-corrected chi connectivity index (χ0v) is 9.27. The molecule has 0 aliphatic carbocycles. The first kappa shape index (κ1) is 12.0. The number of nitriles is 1. The predicted molar refractivity (Wildman–Crippen MR) is 55.1 cm³/mol. The number of rotatable bonds is 3. The minimum atomic E-state index is -0.340. The molecule has 0 N–H and O–H groups in total. The molecule has 1 aliphatic heterocycles. The Balaban J connectivity index is 2.27. The van der Waals surface area contributed by atoms with E-state index in [-0.39, 0.29) is 12.0 Å². The topological polar surface area (TPSA) is 56.6 Å². The molecule has 1 aliphatic rings. The summed E-state index contributed by atoms with van der Waals surface area (Å²) in [5.41, 5.74) is 0. The van der Waals surface area contributed by atoms with Crippen molar-refractivity contribution in [3.8, 4) is 6.07 Å². The Hall–Kier alpha value is -1.12. The predicted octanol–water partition coefficient (Wildman–Crippen LogP) is -0.311. The largest absolute Gasteiger partial charge is 0.361 e. The van der Waals surface area contributed by atoms with Gasteiger partial charge in [0.1, 0.15) is 0 Å². The molecule has 1 amide bonds. The lowest BCUT2D eigenvalue weighted by atomic mass is 10.2. The Morgan fingerprint density at radius 2 is 2.40 bits per heavy atom. The Morgan fingerprint density at radius 1 is 1.67 bits per heavy atom. The number of morpholine rings is 1. The van der Waals surface area contributed by atoms with Gasteiger partial charge in [0.05, 0.1) is 12.7 Å². The van der Waals surface area contributed by atoms with E-state index in [1.54, 1.807) is 19.0 Å².